The van der Waals surface area contributed by atoms with E-state index in [1.54, 1.807) is 19.1 Å². The summed E-state index contributed by atoms with van der Waals surface area (Å²) in [5, 5.41) is 0.894. The Morgan fingerprint density at radius 1 is 1.20 bits per heavy atom. The molecule has 138 valence electrons. The van der Waals surface area contributed by atoms with Crippen molar-refractivity contribution in [1.29, 1.82) is 0 Å². The molecule has 0 aliphatic carbocycles. The molecule has 0 radical (unpaired) electrons. The number of carbonyl (C=O) groups excluding carboxylic acids is 1. The fraction of sp³-hybridized carbons (Fsp3) is 0.474. The first kappa shape index (κ1) is 21.2. The van der Waals surface area contributed by atoms with Crippen LogP contribution in [0.5, 0.6) is 5.75 Å². The predicted molar refractivity (Wildman–Crippen MR) is 102 cm³/mol. The van der Waals surface area contributed by atoms with Crippen molar-refractivity contribution in [2.45, 2.75) is 40.7 Å². The number of ether oxygens (including phenoxy) is 1. The Morgan fingerprint density at radius 3 is 2.48 bits per heavy atom. The third-order valence-electron chi connectivity index (χ3n) is 4.33. The van der Waals surface area contributed by atoms with E-state index in [1.165, 1.54) is 0 Å². The number of hydrogen-bond acceptors (Lipinski definition) is 5. The molecule has 0 saturated carbocycles. The van der Waals surface area contributed by atoms with Crippen molar-refractivity contribution in [3.05, 3.63) is 39.7 Å². The van der Waals surface area contributed by atoms with E-state index in [-0.39, 0.29) is 30.4 Å². The van der Waals surface area contributed by atoms with Crippen LogP contribution in [0.4, 0.5) is 0 Å². The number of benzene rings is 1. The zero-order valence-electron chi connectivity index (χ0n) is 15.3. The van der Waals surface area contributed by atoms with Crippen molar-refractivity contribution in [3.63, 3.8) is 0 Å². The van der Waals surface area contributed by atoms with Crippen molar-refractivity contribution in [3.8, 4) is 5.75 Å². The molecule has 0 aliphatic heterocycles. The molecular weight excluding hydrogens is 342 g/mol. The second kappa shape index (κ2) is 9.59. The molecule has 5 nitrogen and oxygen atoms in total. The third-order valence-corrected chi connectivity index (χ3v) is 4.33. The van der Waals surface area contributed by atoms with Gasteiger partial charge in [0.05, 0.1) is 5.56 Å². The second-order valence-electron chi connectivity index (χ2n) is 5.79. The summed E-state index contributed by atoms with van der Waals surface area (Å²) < 4.78 is 10.9. The Kier molecular flexibility index (Phi) is 8.13. The molecule has 2 aromatic rings. The first-order chi connectivity index (χ1) is 11.5. The summed E-state index contributed by atoms with van der Waals surface area (Å²) in [7, 11) is 0. The van der Waals surface area contributed by atoms with Gasteiger partial charge in [-0.1, -0.05) is 20.8 Å². The summed E-state index contributed by atoms with van der Waals surface area (Å²) >= 11 is 0. The average molecular weight is 368 g/mol. The smallest absolute Gasteiger partial charge is 0.341 e. The highest BCUT2D eigenvalue weighted by Gasteiger charge is 2.14. The fourth-order valence-corrected chi connectivity index (χ4v) is 2.58. The van der Waals surface area contributed by atoms with Crippen molar-refractivity contribution >= 4 is 29.2 Å². The highest BCUT2D eigenvalue weighted by molar-refractivity contribution is 5.85. The number of ketones is 1. The van der Waals surface area contributed by atoms with Gasteiger partial charge >= 0.3 is 5.63 Å². The van der Waals surface area contributed by atoms with E-state index in [0.29, 0.717) is 29.9 Å². The van der Waals surface area contributed by atoms with Crippen LogP contribution < -0.4 is 10.4 Å². The highest BCUT2D eigenvalue weighted by Crippen LogP contribution is 2.24. The van der Waals surface area contributed by atoms with Gasteiger partial charge in [-0.15, -0.1) is 12.4 Å². The maximum atomic E-state index is 12.4. The minimum Gasteiger partial charge on any atom is -0.486 e. The average Bonchev–Trinajstić information content (AvgIpc) is 2.59. The lowest BCUT2D eigenvalue weighted by Crippen LogP contribution is -2.26. The zero-order chi connectivity index (χ0) is 17.7. The molecule has 1 heterocycles. The molecule has 0 fully saturated rings. The van der Waals surface area contributed by atoms with Gasteiger partial charge in [0.1, 0.15) is 17.9 Å². The van der Waals surface area contributed by atoms with Crippen molar-refractivity contribution < 1.29 is 13.9 Å². The maximum absolute atomic E-state index is 12.4. The van der Waals surface area contributed by atoms with Gasteiger partial charge in [-0.05, 0) is 37.7 Å². The van der Waals surface area contributed by atoms with Gasteiger partial charge in [0, 0.05) is 24.4 Å². The molecule has 0 atom stereocenters. The van der Waals surface area contributed by atoms with Gasteiger partial charge < -0.3 is 9.15 Å². The van der Waals surface area contributed by atoms with Crippen LogP contribution in [0.3, 0.4) is 0 Å². The van der Waals surface area contributed by atoms with Crippen LogP contribution in [-0.4, -0.2) is 30.4 Å². The topological polar surface area (TPSA) is 59.8 Å². The SMILES string of the molecule is CCC(=O)COc1ccc2c(C)c(CN(CC)CC)c(=O)oc2c1.Cl. The van der Waals surface area contributed by atoms with E-state index in [4.69, 9.17) is 9.15 Å². The Bertz CT molecular complexity index is 781. The van der Waals surface area contributed by atoms with Crippen molar-refractivity contribution in [2.24, 2.45) is 0 Å². The minimum absolute atomic E-state index is 0. The summed E-state index contributed by atoms with van der Waals surface area (Å²) in [5.41, 5.74) is 1.81. The Hall–Kier alpha value is -1.85. The van der Waals surface area contributed by atoms with Crippen LogP contribution in [0.15, 0.2) is 27.4 Å². The summed E-state index contributed by atoms with van der Waals surface area (Å²) in [5.74, 6) is 0.561. The summed E-state index contributed by atoms with van der Waals surface area (Å²) in [6.07, 6.45) is 0.441. The molecule has 0 aliphatic rings. The normalized spacial score (nSPS) is 10.8. The summed E-state index contributed by atoms with van der Waals surface area (Å²) in [6, 6.07) is 5.36. The number of halogens is 1. The van der Waals surface area contributed by atoms with E-state index >= 15 is 0 Å². The highest BCUT2D eigenvalue weighted by atomic mass is 35.5. The minimum atomic E-state index is -0.311. The van der Waals surface area contributed by atoms with Crippen LogP contribution in [0.25, 0.3) is 11.0 Å². The molecule has 0 amide bonds. The molecular formula is C19H26ClNO4. The van der Waals surface area contributed by atoms with Gasteiger partial charge in [0.15, 0.2) is 5.78 Å². The number of rotatable bonds is 8. The first-order valence-corrected chi connectivity index (χ1v) is 8.43. The maximum Gasteiger partial charge on any atom is 0.341 e. The van der Waals surface area contributed by atoms with Crippen LogP contribution >= 0.6 is 12.4 Å². The number of Topliss-reactive ketones (excluding diaryl/α,β-unsaturated/α-hetero) is 1. The molecule has 0 saturated heterocycles. The zero-order valence-corrected chi connectivity index (χ0v) is 16.1. The van der Waals surface area contributed by atoms with Gasteiger partial charge in [0.2, 0.25) is 0 Å². The van der Waals surface area contributed by atoms with E-state index in [2.05, 4.69) is 18.7 Å². The van der Waals surface area contributed by atoms with E-state index < -0.39 is 0 Å². The Morgan fingerprint density at radius 2 is 1.88 bits per heavy atom. The summed E-state index contributed by atoms with van der Waals surface area (Å²) in [6.45, 7) is 10.3. The van der Waals surface area contributed by atoms with Crippen molar-refractivity contribution in [2.75, 3.05) is 19.7 Å². The first-order valence-electron chi connectivity index (χ1n) is 8.43. The molecule has 1 aromatic carbocycles. The van der Waals surface area contributed by atoms with Crippen molar-refractivity contribution in [1.82, 2.24) is 4.90 Å². The van der Waals surface area contributed by atoms with Gasteiger partial charge in [-0.3, -0.25) is 9.69 Å². The fourth-order valence-electron chi connectivity index (χ4n) is 2.58. The van der Waals surface area contributed by atoms with Crippen LogP contribution in [-0.2, 0) is 11.3 Å². The van der Waals surface area contributed by atoms with E-state index in [0.717, 1.165) is 24.0 Å². The molecule has 1 aromatic heterocycles. The van der Waals surface area contributed by atoms with E-state index in [1.807, 2.05) is 13.0 Å². The number of fused-ring (bicyclic) bond motifs is 1. The van der Waals surface area contributed by atoms with Gasteiger partial charge in [-0.2, -0.15) is 0 Å². The Balaban J connectivity index is 0.00000312. The molecule has 0 spiro atoms. The lowest BCUT2D eigenvalue weighted by Gasteiger charge is -2.19. The van der Waals surface area contributed by atoms with E-state index in [9.17, 15) is 9.59 Å². The molecule has 6 heteroatoms. The Labute approximate surface area is 154 Å². The lowest BCUT2D eigenvalue weighted by atomic mass is 10.1. The molecule has 2 rings (SSSR count). The predicted octanol–water partition coefficient (Wildman–Crippen LogP) is 3.72. The molecule has 0 N–H and O–H groups in total. The number of aryl methyl sites for hydroxylation is 1. The monoisotopic (exact) mass is 367 g/mol. The largest absolute Gasteiger partial charge is 0.486 e. The van der Waals surface area contributed by atoms with Crippen LogP contribution in [0.2, 0.25) is 0 Å². The van der Waals surface area contributed by atoms with Crippen LogP contribution in [0.1, 0.15) is 38.3 Å². The quantitative estimate of drug-likeness (QED) is 0.665. The molecule has 25 heavy (non-hydrogen) atoms. The standard InChI is InChI=1S/C19H25NO4.ClH/c1-5-14(21)12-23-15-8-9-16-13(4)17(11-20(6-2)7-3)19(22)24-18(16)10-15;/h8-10H,5-7,11-12H2,1-4H3;1H. The third kappa shape index (κ3) is 5.06. The van der Waals surface area contributed by atoms with Crippen LogP contribution in [0, 0.1) is 6.92 Å². The van der Waals surface area contributed by atoms with Gasteiger partial charge in [-0.25, -0.2) is 4.79 Å². The summed E-state index contributed by atoms with van der Waals surface area (Å²) in [4.78, 5) is 25.9. The number of nitrogens with zero attached hydrogens (tertiary/aromatic N) is 1. The van der Waals surface area contributed by atoms with Gasteiger partial charge in [0.25, 0.3) is 0 Å². The molecule has 0 unspecified atom stereocenters. The lowest BCUT2D eigenvalue weighted by molar-refractivity contribution is -0.120. The molecule has 0 bridgehead atoms. The number of carbonyl (C=O) groups is 1. The second-order valence-corrected chi connectivity index (χ2v) is 5.79. The number of hydrogen-bond donors (Lipinski definition) is 0.